The van der Waals surface area contributed by atoms with Crippen molar-refractivity contribution in [3.63, 3.8) is 0 Å². The number of rotatable bonds is 43. The zero-order chi connectivity index (χ0) is 42.6. The van der Waals surface area contributed by atoms with Crippen molar-refractivity contribution in [1.82, 2.24) is 0 Å². The van der Waals surface area contributed by atoms with E-state index in [9.17, 15) is 24.2 Å². The summed E-state index contributed by atoms with van der Waals surface area (Å²) in [5.41, 5.74) is 5.34. The average Bonchev–Trinajstić information content (AvgIpc) is 3.21. The van der Waals surface area contributed by atoms with Gasteiger partial charge in [-0.25, -0.2) is 4.57 Å². The molecule has 0 aromatic carbocycles. The number of phosphoric ester groups is 1. The molecule has 0 heterocycles. The van der Waals surface area contributed by atoms with Crippen LogP contribution in [0.2, 0.25) is 0 Å². The van der Waals surface area contributed by atoms with Gasteiger partial charge in [0.1, 0.15) is 6.61 Å². The summed E-state index contributed by atoms with van der Waals surface area (Å²) in [4.78, 5) is 34.9. The zero-order valence-electron chi connectivity index (χ0n) is 36.9. The van der Waals surface area contributed by atoms with Crippen LogP contribution in [-0.4, -0.2) is 60.5 Å². The molecule has 0 spiro atoms. The number of hydrogen-bond donors (Lipinski definition) is 3. The van der Waals surface area contributed by atoms with E-state index in [0.717, 1.165) is 25.7 Å². The molecule has 0 rings (SSSR count). The van der Waals surface area contributed by atoms with Gasteiger partial charge in [-0.3, -0.25) is 18.6 Å². The number of hydrogen-bond acceptors (Lipinski definition) is 9. The molecule has 10 nitrogen and oxygen atoms in total. The van der Waals surface area contributed by atoms with E-state index < -0.39 is 38.6 Å². The molecule has 0 aliphatic carbocycles. The van der Waals surface area contributed by atoms with Crippen molar-refractivity contribution in [1.29, 1.82) is 0 Å². The SMILES string of the molecule is CCCCC/C=C\C/C=C\CC(O)/C=C\C=C\CCCC(=O)O[C@H](COC(=O)CCCCCCCCCCCCCCCCCCCCC)COP(=O)(O)OCCN. The molecule has 4 N–H and O–H groups in total. The lowest BCUT2D eigenvalue weighted by Crippen LogP contribution is -2.29. The maximum Gasteiger partial charge on any atom is 0.472 e. The summed E-state index contributed by atoms with van der Waals surface area (Å²) in [6.45, 7) is 3.55. The van der Waals surface area contributed by atoms with Crippen LogP contribution in [0.4, 0.5) is 0 Å². The Bertz CT molecular complexity index is 1110. The quantitative estimate of drug-likeness (QED) is 0.0178. The molecule has 0 fully saturated rings. The van der Waals surface area contributed by atoms with E-state index in [1.807, 2.05) is 18.2 Å². The van der Waals surface area contributed by atoms with Gasteiger partial charge in [-0.15, -0.1) is 0 Å². The molecule has 0 radical (unpaired) electrons. The Labute approximate surface area is 354 Å². The maximum absolute atomic E-state index is 12.6. The first-order chi connectivity index (χ1) is 28.2. The van der Waals surface area contributed by atoms with Gasteiger partial charge in [0, 0.05) is 19.4 Å². The number of nitrogens with two attached hydrogens (primary N) is 1. The van der Waals surface area contributed by atoms with E-state index >= 15 is 0 Å². The Balaban J connectivity index is 4.25. The van der Waals surface area contributed by atoms with Gasteiger partial charge in [0.25, 0.3) is 0 Å². The second-order valence-electron chi connectivity index (χ2n) is 15.5. The minimum absolute atomic E-state index is 0.0307. The number of unbranched alkanes of at least 4 members (excludes halogenated alkanes) is 22. The van der Waals surface area contributed by atoms with Crippen molar-refractivity contribution in [3.05, 3.63) is 48.6 Å². The predicted octanol–water partition coefficient (Wildman–Crippen LogP) is 12.5. The molecule has 0 aromatic rings. The van der Waals surface area contributed by atoms with E-state index in [2.05, 4.69) is 32.1 Å². The summed E-state index contributed by atoms with van der Waals surface area (Å²) < 4.78 is 32.7. The molecule has 338 valence electrons. The topological polar surface area (TPSA) is 155 Å². The summed E-state index contributed by atoms with van der Waals surface area (Å²) in [5.74, 6) is -0.953. The van der Waals surface area contributed by atoms with E-state index in [1.54, 1.807) is 12.2 Å². The molecule has 3 atom stereocenters. The first-order valence-electron chi connectivity index (χ1n) is 23.2. The number of carbonyl (C=O) groups is 2. The van der Waals surface area contributed by atoms with Crippen LogP contribution in [0.15, 0.2) is 48.6 Å². The Morgan fingerprint density at radius 1 is 0.603 bits per heavy atom. The zero-order valence-corrected chi connectivity index (χ0v) is 37.8. The van der Waals surface area contributed by atoms with Crippen LogP contribution in [0, 0.1) is 0 Å². The molecule has 2 unspecified atom stereocenters. The lowest BCUT2D eigenvalue weighted by molar-refractivity contribution is -0.161. The van der Waals surface area contributed by atoms with Crippen LogP contribution < -0.4 is 5.73 Å². The summed E-state index contributed by atoms with van der Waals surface area (Å²) in [6.07, 6.45) is 46.0. The van der Waals surface area contributed by atoms with Gasteiger partial charge in [-0.1, -0.05) is 191 Å². The molecule has 0 aromatic heterocycles. The van der Waals surface area contributed by atoms with E-state index in [1.165, 1.54) is 122 Å². The third kappa shape index (κ3) is 42.1. The lowest BCUT2D eigenvalue weighted by atomic mass is 10.0. The minimum Gasteiger partial charge on any atom is -0.462 e. The van der Waals surface area contributed by atoms with E-state index in [0.29, 0.717) is 25.7 Å². The van der Waals surface area contributed by atoms with E-state index in [4.69, 9.17) is 24.3 Å². The van der Waals surface area contributed by atoms with Crippen molar-refractivity contribution in [2.75, 3.05) is 26.4 Å². The Morgan fingerprint density at radius 3 is 1.71 bits per heavy atom. The third-order valence-corrected chi connectivity index (χ3v) is 10.8. The number of aliphatic hydroxyl groups excluding tert-OH is 1. The fourth-order valence-corrected chi connectivity index (χ4v) is 7.06. The van der Waals surface area contributed by atoms with Gasteiger partial charge in [0.15, 0.2) is 6.10 Å². The van der Waals surface area contributed by atoms with Gasteiger partial charge >= 0.3 is 19.8 Å². The molecule has 0 saturated carbocycles. The summed E-state index contributed by atoms with van der Waals surface area (Å²) in [6, 6.07) is 0. The van der Waals surface area contributed by atoms with Crippen molar-refractivity contribution < 1.29 is 42.7 Å². The number of phosphoric acid groups is 1. The minimum atomic E-state index is -4.42. The van der Waals surface area contributed by atoms with Crippen molar-refractivity contribution in [3.8, 4) is 0 Å². The highest BCUT2D eigenvalue weighted by molar-refractivity contribution is 7.47. The first kappa shape index (κ1) is 55.9. The van der Waals surface area contributed by atoms with Gasteiger partial charge in [-0.2, -0.15) is 0 Å². The number of esters is 2. The standard InChI is InChI=1S/C47H86NO9P/c1-3-5-7-9-11-13-14-15-16-17-18-19-20-21-22-24-26-30-34-38-46(50)54-42-45(43-56-58(52,53)55-41-40-48)57-47(51)39-35-31-27-29-33-37-44(49)36-32-28-25-23-12-10-8-6-4-2/h12,23,27-29,32-33,37,44-45,49H,3-11,13-22,24-26,30-31,34-36,38-43,48H2,1-2H3,(H,52,53)/b23-12-,29-27+,32-28-,37-33-/t44?,45-/m1/s1. The van der Waals surface area contributed by atoms with Gasteiger partial charge < -0.3 is 25.2 Å². The summed E-state index contributed by atoms with van der Waals surface area (Å²) in [7, 11) is -4.42. The number of carbonyl (C=O) groups excluding carboxylic acids is 2. The van der Waals surface area contributed by atoms with Crippen molar-refractivity contribution >= 4 is 19.8 Å². The number of allylic oxidation sites excluding steroid dienone is 6. The van der Waals surface area contributed by atoms with Crippen LogP contribution >= 0.6 is 7.82 Å². The van der Waals surface area contributed by atoms with E-state index in [-0.39, 0.29) is 32.6 Å². The average molecular weight is 840 g/mol. The highest BCUT2D eigenvalue weighted by atomic mass is 31.2. The lowest BCUT2D eigenvalue weighted by Gasteiger charge is -2.19. The second-order valence-corrected chi connectivity index (χ2v) is 16.9. The van der Waals surface area contributed by atoms with Crippen LogP contribution in [0.3, 0.4) is 0 Å². The van der Waals surface area contributed by atoms with Crippen molar-refractivity contribution in [2.45, 2.75) is 212 Å². The number of ether oxygens (including phenoxy) is 2. The van der Waals surface area contributed by atoms with Gasteiger partial charge in [0.05, 0.1) is 19.3 Å². The molecular weight excluding hydrogens is 753 g/mol. The van der Waals surface area contributed by atoms with Crippen molar-refractivity contribution in [2.24, 2.45) is 5.73 Å². The molecule has 0 saturated heterocycles. The molecule has 0 amide bonds. The van der Waals surface area contributed by atoms with Crippen LogP contribution in [0.25, 0.3) is 0 Å². The highest BCUT2D eigenvalue weighted by Gasteiger charge is 2.26. The van der Waals surface area contributed by atoms with Crippen LogP contribution in [-0.2, 0) is 32.7 Å². The summed E-state index contributed by atoms with van der Waals surface area (Å²) in [5, 5.41) is 10.1. The second kappa shape index (κ2) is 43.0. The molecule has 11 heteroatoms. The van der Waals surface area contributed by atoms with Crippen LogP contribution in [0.1, 0.15) is 200 Å². The molecular formula is C47H86NO9P. The fourth-order valence-electron chi connectivity index (χ4n) is 6.30. The predicted molar refractivity (Wildman–Crippen MR) is 239 cm³/mol. The Morgan fingerprint density at radius 2 is 1.12 bits per heavy atom. The summed E-state index contributed by atoms with van der Waals surface area (Å²) >= 11 is 0. The monoisotopic (exact) mass is 840 g/mol. The Hall–Kier alpha value is -2.07. The molecule has 0 aliphatic rings. The van der Waals surface area contributed by atoms with Gasteiger partial charge in [-0.05, 0) is 44.9 Å². The largest absolute Gasteiger partial charge is 0.472 e. The third-order valence-electron chi connectivity index (χ3n) is 9.80. The first-order valence-corrected chi connectivity index (χ1v) is 24.7. The molecule has 58 heavy (non-hydrogen) atoms. The number of aliphatic hydroxyl groups is 1. The molecule has 0 aliphatic heterocycles. The Kier molecular flexibility index (Phi) is 41.5. The highest BCUT2D eigenvalue weighted by Crippen LogP contribution is 2.43. The normalized spacial score (nSPS) is 14.2. The smallest absolute Gasteiger partial charge is 0.462 e. The fraction of sp³-hybridized carbons (Fsp3) is 0.787. The molecule has 0 bridgehead atoms. The maximum atomic E-state index is 12.6. The van der Waals surface area contributed by atoms with Gasteiger partial charge in [0.2, 0.25) is 0 Å². The van der Waals surface area contributed by atoms with Crippen LogP contribution in [0.5, 0.6) is 0 Å².